The Hall–Kier alpha value is -2.47. The molecule has 0 N–H and O–H groups in total. The van der Waals surface area contributed by atoms with Gasteiger partial charge in [-0.25, -0.2) is 9.97 Å². The van der Waals surface area contributed by atoms with Crippen molar-refractivity contribution in [1.29, 1.82) is 0 Å². The highest BCUT2D eigenvalue weighted by atomic mass is 16.5. The summed E-state index contributed by atoms with van der Waals surface area (Å²) < 4.78 is 7.48. The zero-order chi connectivity index (χ0) is 16.1. The maximum Gasteiger partial charge on any atom is 0.163 e. The third-order valence-corrected chi connectivity index (χ3v) is 3.76. The fourth-order valence-corrected chi connectivity index (χ4v) is 2.53. The third-order valence-electron chi connectivity index (χ3n) is 3.76. The minimum Gasteiger partial charge on any atom is -0.377 e. The standard InChI is InChI=1S/C17H21N5O/c1-21(9-6-10-23-12-14-7-4-3-5-8-14)16-15-11-20-22(2)17(15)19-13-18-16/h3-5,7-8,11,13H,6,9-10,12H2,1-2H3. The van der Waals surface area contributed by atoms with E-state index in [0.717, 1.165) is 36.4 Å². The first-order valence-corrected chi connectivity index (χ1v) is 7.71. The summed E-state index contributed by atoms with van der Waals surface area (Å²) in [4.78, 5) is 10.8. The molecular formula is C17H21N5O. The molecule has 0 amide bonds. The number of fused-ring (bicyclic) bond motifs is 1. The van der Waals surface area contributed by atoms with E-state index in [9.17, 15) is 0 Å². The van der Waals surface area contributed by atoms with Crippen LogP contribution in [0.1, 0.15) is 12.0 Å². The van der Waals surface area contributed by atoms with E-state index in [1.807, 2.05) is 38.5 Å². The van der Waals surface area contributed by atoms with Gasteiger partial charge < -0.3 is 9.64 Å². The molecular weight excluding hydrogens is 290 g/mol. The van der Waals surface area contributed by atoms with Crippen LogP contribution in [-0.2, 0) is 18.4 Å². The maximum absolute atomic E-state index is 5.72. The van der Waals surface area contributed by atoms with Crippen molar-refractivity contribution in [3.05, 3.63) is 48.4 Å². The van der Waals surface area contributed by atoms with Crippen LogP contribution in [0.2, 0.25) is 0 Å². The summed E-state index contributed by atoms with van der Waals surface area (Å²) in [6.07, 6.45) is 4.34. The first kappa shape index (κ1) is 15.4. The molecule has 0 aliphatic rings. The van der Waals surface area contributed by atoms with E-state index < -0.39 is 0 Å². The number of aromatic nitrogens is 4. The Morgan fingerprint density at radius 3 is 2.83 bits per heavy atom. The predicted octanol–water partition coefficient (Wildman–Crippen LogP) is 2.41. The Balaban J connectivity index is 1.50. The molecule has 6 heteroatoms. The molecule has 2 heterocycles. The SMILES string of the molecule is CN(CCCOCc1ccccc1)c1ncnc2c1cnn2C. The molecule has 120 valence electrons. The Bertz CT molecular complexity index is 756. The second-order valence-electron chi connectivity index (χ2n) is 5.52. The summed E-state index contributed by atoms with van der Waals surface area (Å²) in [5, 5.41) is 5.22. The molecule has 0 atom stereocenters. The Kier molecular flexibility index (Phi) is 4.83. The van der Waals surface area contributed by atoms with Gasteiger partial charge in [-0.15, -0.1) is 0 Å². The van der Waals surface area contributed by atoms with Crippen molar-refractivity contribution in [2.75, 3.05) is 25.1 Å². The van der Waals surface area contributed by atoms with E-state index in [-0.39, 0.29) is 0 Å². The molecule has 23 heavy (non-hydrogen) atoms. The fourth-order valence-electron chi connectivity index (χ4n) is 2.53. The first-order valence-electron chi connectivity index (χ1n) is 7.71. The zero-order valence-electron chi connectivity index (χ0n) is 13.5. The molecule has 1 aromatic carbocycles. The summed E-state index contributed by atoms with van der Waals surface area (Å²) in [5.74, 6) is 0.908. The Morgan fingerprint density at radius 1 is 1.17 bits per heavy atom. The van der Waals surface area contributed by atoms with Gasteiger partial charge >= 0.3 is 0 Å². The molecule has 0 unspecified atom stereocenters. The van der Waals surface area contributed by atoms with E-state index in [4.69, 9.17) is 4.74 Å². The van der Waals surface area contributed by atoms with Crippen LogP contribution in [0.5, 0.6) is 0 Å². The molecule has 6 nitrogen and oxygen atoms in total. The van der Waals surface area contributed by atoms with Gasteiger partial charge in [0.25, 0.3) is 0 Å². The van der Waals surface area contributed by atoms with Crippen LogP contribution in [0.15, 0.2) is 42.9 Å². The van der Waals surface area contributed by atoms with Crippen LogP contribution in [0, 0.1) is 0 Å². The molecule has 0 radical (unpaired) electrons. The van der Waals surface area contributed by atoms with Gasteiger partial charge in [-0.1, -0.05) is 30.3 Å². The average Bonchev–Trinajstić information content (AvgIpc) is 2.97. The highest BCUT2D eigenvalue weighted by Gasteiger charge is 2.11. The van der Waals surface area contributed by atoms with Gasteiger partial charge in [0, 0.05) is 27.2 Å². The van der Waals surface area contributed by atoms with Crippen molar-refractivity contribution in [1.82, 2.24) is 19.7 Å². The topological polar surface area (TPSA) is 56.1 Å². The molecule has 0 aliphatic heterocycles. The summed E-state index contributed by atoms with van der Waals surface area (Å²) in [6, 6.07) is 10.2. The van der Waals surface area contributed by atoms with Crippen LogP contribution < -0.4 is 4.90 Å². The van der Waals surface area contributed by atoms with Gasteiger partial charge in [0.2, 0.25) is 0 Å². The zero-order valence-corrected chi connectivity index (χ0v) is 13.5. The minimum atomic E-state index is 0.658. The van der Waals surface area contributed by atoms with Gasteiger partial charge in [-0.2, -0.15) is 5.10 Å². The number of hydrogen-bond acceptors (Lipinski definition) is 5. The lowest BCUT2D eigenvalue weighted by atomic mass is 10.2. The average molecular weight is 311 g/mol. The van der Waals surface area contributed by atoms with Crippen molar-refractivity contribution < 1.29 is 4.74 Å². The van der Waals surface area contributed by atoms with Crippen molar-refractivity contribution in [3.63, 3.8) is 0 Å². The Morgan fingerprint density at radius 2 is 2.00 bits per heavy atom. The molecule has 3 rings (SSSR count). The lowest BCUT2D eigenvalue weighted by Crippen LogP contribution is -2.21. The van der Waals surface area contributed by atoms with Crippen LogP contribution in [0.4, 0.5) is 5.82 Å². The third kappa shape index (κ3) is 3.65. The number of nitrogens with zero attached hydrogens (tertiary/aromatic N) is 5. The van der Waals surface area contributed by atoms with Crippen molar-refractivity contribution in [2.45, 2.75) is 13.0 Å². The van der Waals surface area contributed by atoms with E-state index in [1.54, 1.807) is 11.0 Å². The van der Waals surface area contributed by atoms with Crippen molar-refractivity contribution in [3.8, 4) is 0 Å². The van der Waals surface area contributed by atoms with Gasteiger partial charge in [0.15, 0.2) is 5.65 Å². The predicted molar refractivity (Wildman–Crippen MR) is 90.3 cm³/mol. The molecule has 2 aromatic heterocycles. The lowest BCUT2D eigenvalue weighted by Gasteiger charge is -2.18. The fraction of sp³-hybridized carbons (Fsp3) is 0.353. The number of hydrogen-bond donors (Lipinski definition) is 0. The monoisotopic (exact) mass is 311 g/mol. The van der Waals surface area contributed by atoms with Crippen LogP contribution in [0.25, 0.3) is 11.0 Å². The quantitative estimate of drug-likeness (QED) is 0.627. The maximum atomic E-state index is 5.72. The Labute approximate surface area is 135 Å². The number of anilines is 1. The molecule has 0 bridgehead atoms. The number of ether oxygens (including phenoxy) is 1. The summed E-state index contributed by atoms with van der Waals surface area (Å²) in [7, 11) is 3.92. The minimum absolute atomic E-state index is 0.658. The van der Waals surface area contributed by atoms with E-state index in [1.165, 1.54) is 5.56 Å². The molecule has 3 aromatic rings. The van der Waals surface area contributed by atoms with Crippen LogP contribution >= 0.6 is 0 Å². The highest BCUT2D eigenvalue weighted by molar-refractivity contribution is 5.86. The highest BCUT2D eigenvalue weighted by Crippen LogP contribution is 2.20. The van der Waals surface area contributed by atoms with Gasteiger partial charge in [0.05, 0.1) is 18.2 Å². The number of aryl methyl sites for hydroxylation is 1. The molecule has 0 aliphatic carbocycles. The van der Waals surface area contributed by atoms with Crippen LogP contribution in [0.3, 0.4) is 0 Å². The van der Waals surface area contributed by atoms with E-state index in [2.05, 4.69) is 32.1 Å². The number of benzene rings is 1. The summed E-state index contributed by atoms with van der Waals surface area (Å²) >= 11 is 0. The van der Waals surface area contributed by atoms with Gasteiger partial charge in [-0.05, 0) is 12.0 Å². The second kappa shape index (κ2) is 7.19. The molecule has 0 spiro atoms. The van der Waals surface area contributed by atoms with E-state index in [0.29, 0.717) is 6.61 Å². The first-order chi connectivity index (χ1) is 11.3. The van der Waals surface area contributed by atoms with Crippen LogP contribution in [-0.4, -0.2) is 39.9 Å². The second-order valence-corrected chi connectivity index (χ2v) is 5.52. The van der Waals surface area contributed by atoms with Gasteiger partial charge in [-0.3, -0.25) is 4.68 Å². The van der Waals surface area contributed by atoms with Crippen molar-refractivity contribution >= 4 is 16.9 Å². The largest absolute Gasteiger partial charge is 0.377 e. The lowest BCUT2D eigenvalue weighted by molar-refractivity contribution is 0.119. The smallest absolute Gasteiger partial charge is 0.163 e. The molecule has 0 saturated heterocycles. The molecule has 0 fully saturated rings. The summed E-state index contributed by atoms with van der Waals surface area (Å²) in [5.41, 5.74) is 2.05. The van der Waals surface area contributed by atoms with E-state index >= 15 is 0 Å². The molecule has 0 saturated carbocycles. The van der Waals surface area contributed by atoms with Gasteiger partial charge in [0.1, 0.15) is 12.1 Å². The normalized spacial score (nSPS) is 11.0. The number of rotatable bonds is 7. The summed E-state index contributed by atoms with van der Waals surface area (Å²) in [6.45, 7) is 2.25. The van der Waals surface area contributed by atoms with Crippen molar-refractivity contribution in [2.24, 2.45) is 7.05 Å².